The van der Waals surface area contributed by atoms with Crippen molar-refractivity contribution in [3.8, 4) is 0 Å². The van der Waals surface area contributed by atoms with Gasteiger partial charge in [-0.2, -0.15) is 11.8 Å². The molecule has 2 rings (SSSR count). The molecule has 0 radical (unpaired) electrons. The summed E-state index contributed by atoms with van der Waals surface area (Å²) in [6.07, 6.45) is 4.16. The lowest BCUT2D eigenvalue weighted by molar-refractivity contribution is -0.384. The van der Waals surface area contributed by atoms with Crippen LogP contribution in [0.2, 0.25) is 0 Å². The Kier molecular flexibility index (Phi) is 4.15. The zero-order chi connectivity index (χ0) is 14.8. The van der Waals surface area contributed by atoms with Gasteiger partial charge in [0.1, 0.15) is 0 Å². The summed E-state index contributed by atoms with van der Waals surface area (Å²) >= 11 is 1.73. The number of hydrogen-bond donors (Lipinski definition) is 3. The summed E-state index contributed by atoms with van der Waals surface area (Å²) in [5, 5.41) is 13.6. The van der Waals surface area contributed by atoms with Crippen molar-refractivity contribution in [2.45, 2.75) is 17.6 Å². The van der Waals surface area contributed by atoms with Crippen molar-refractivity contribution in [3.63, 3.8) is 0 Å². The zero-order valence-electron chi connectivity index (χ0n) is 11.0. The molecule has 0 heterocycles. The molecule has 1 fully saturated rings. The smallest absolute Gasteiger partial charge is 0.270 e. The van der Waals surface area contributed by atoms with Crippen molar-refractivity contribution < 1.29 is 9.72 Å². The molecule has 4 N–H and O–H groups in total. The van der Waals surface area contributed by atoms with Crippen molar-refractivity contribution in [2.24, 2.45) is 5.84 Å². The van der Waals surface area contributed by atoms with Crippen molar-refractivity contribution in [3.05, 3.63) is 33.9 Å². The summed E-state index contributed by atoms with van der Waals surface area (Å²) in [6.45, 7) is 0.555. The molecule has 8 heteroatoms. The van der Waals surface area contributed by atoms with Crippen LogP contribution in [0.3, 0.4) is 0 Å². The molecule has 0 unspecified atom stereocenters. The number of thioether (sulfide) groups is 1. The molecule has 1 aromatic rings. The predicted molar refractivity (Wildman–Crippen MR) is 78.7 cm³/mol. The minimum atomic E-state index is -0.540. The number of benzene rings is 1. The Morgan fingerprint density at radius 2 is 2.25 bits per heavy atom. The van der Waals surface area contributed by atoms with E-state index in [9.17, 15) is 14.9 Å². The van der Waals surface area contributed by atoms with E-state index in [2.05, 4.69) is 10.7 Å². The van der Waals surface area contributed by atoms with E-state index >= 15 is 0 Å². The van der Waals surface area contributed by atoms with Crippen molar-refractivity contribution in [2.75, 3.05) is 18.2 Å². The number of carbonyl (C=O) groups excluding carboxylic acids is 1. The number of nitro groups is 1. The van der Waals surface area contributed by atoms with E-state index in [1.807, 2.05) is 6.26 Å². The van der Waals surface area contributed by atoms with Crippen molar-refractivity contribution >= 4 is 29.0 Å². The minimum Gasteiger partial charge on any atom is -0.351 e. The van der Waals surface area contributed by atoms with Gasteiger partial charge >= 0.3 is 0 Å². The Bertz CT molecular complexity index is 546. The van der Waals surface area contributed by atoms with Crippen LogP contribution in [0.4, 0.5) is 11.4 Å². The first-order chi connectivity index (χ1) is 9.51. The number of nitrogens with two attached hydrogens (primary N) is 1. The Labute approximate surface area is 120 Å². The highest BCUT2D eigenvalue weighted by atomic mass is 32.2. The number of nitrogens with zero attached hydrogens (tertiary/aromatic N) is 1. The van der Waals surface area contributed by atoms with E-state index in [-0.39, 0.29) is 21.9 Å². The third-order valence-corrected chi connectivity index (χ3v) is 4.84. The van der Waals surface area contributed by atoms with Gasteiger partial charge in [0.25, 0.3) is 11.6 Å². The lowest BCUT2D eigenvalue weighted by Crippen LogP contribution is -2.32. The molecule has 1 amide bonds. The van der Waals surface area contributed by atoms with E-state index in [0.29, 0.717) is 12.2 Å². The maximum atomic E-state index is 12.2. The number of rotatable bonds is 6. The second-order valence-electron chi connectivity index (χ2n) is 4.70. The van der Waals surface area contributed by atoms with Crippen LogP contribution < -0.4 is 16.6 Å². The van der Waals surface area contributed by atoms with E-state index in [0.717, 1.165) is 12.8 Å². The van der Waals surface area contributed by atoms with E-state index in [1.54, 1.807) is 11.8 Å². The molecule has 108 valence electrons. The lowest BCUT2D eigenvalue weighted by atomic mass is 10.1. The SMILES string of the molecule is CSC1(CNC(=O)c2cc([N+](=O)[O-])ccc2NN)CC1. The zero-order valence-corrected chi connectivity index (χ0v) is 11.8. The van der Waals surface area contributed by atoms with Crippen LogP contribution in [-0.2, 0) is 0 Å². The number of amides is 1. The van der Waals surface area contributed by atoms with E-state index < -0.39 is 4.92 Å². The van der Waals surface area contributed by atoms with E-state index in [1.165, 1.54) is 18.2 Å². The summed E-state index contributed by atoms with van der Waals surface area (Å²) in [7, 11) is 0. The van der Waals surface area contributed by atoms with Crippen LogP contribution in [0.5, 0.6) is 0 Å². The van der Waals surface area contributed by atoms with Gasteiger partial charge in [-0.1, -0.05) is 0 Å². The summed E-state index contributed by atoms with van der Waals surface area (Å²) in [4.78, 5) is 22.4. The highest BCUT2D eigenvalue weighted by Crippen LogP contribution is 2.46. The number of hydrazine groups is 1. The fourth-order valence-corrected chi connectivity index (χ4v) is 2.62. The van der Waals surface area contributed by atoms with Gasteiger partial charge in [-0.15, -0.1) is 0 Å². The van der Waals surface area contributed by atoms with E-state index in [4.69, 9.17) is 5.84 Å². The molecule has 1 aromatic carbocycles. The first-order valence-corrected chi connectivity index (χ1v) is 7.32. The van der Waals surface area contributed by atoms with Crippen molar-refractivity contribution in [1.29, 1.82) is 0 Å². The molecule has 0 bridgehead atoms. The fourth-order valence-electron chi connectivity index (χ4n) is 1.89. The largest absolute Gasteiger partial charge is 0.351 e. The number of nitrogens with one attached hydrogen (secondary N) is 2. The number of anilines is 1. The monoisotopic (exact) mass is 296 g/mol. The summed E-state index contributed by atoms with van der Waals surface area (Å²) < 4.78 is 0.132. The topological polar surface area (TPSA) is 110 Å². The second-order valence-corrected chi connectivity index (χ2v) is 5.98. The molecule has 20 heavy (non-hydrogen) atoms. The van der Waals surface area contributed by atoms with Crippen LogP contribution in [0.25, 0.3) is 0 Å². The molecular formula is C12H16N4O3S. The molecule has 0 saturated heterocycles. The molecule has 0 spiro atoms. The number of carbonyl (C=O) groups is 1. The molecule has 1 aliphatic carbocycles. The van der Waals surface area contributed by atoms with Gasteiger partial charge in [-0.05, 0) is 25.2 Å². The van der Waals surface area contributed by atoms with Gasteiger partial charge in [-0.3, -0.25) is 20.8 Å². The molecule has 1 saturated carbocycles. The van der Waals surface area contributed by atoms with Crippen LogP contribution in [0.1, 0.15) is 23.2 Å². The number of hydrogen-bond acceptors (Lipinski definition) is 6. The van der Waals surface area contributed by atoms with Crippen LogP contribution in [-0.4, -0.2) is 28.4 Å². The second kappa shape index (κ2) is 5.68. The predicted octanol–water partition coefficient (Wildman–Crippen LogP) is 1.51. The van der Waals surface area contributed by atoms with Gasteiger partial charge in [0.2, 0.25) is 0 Å². The lowest BCUT2D eigenvalue weighted by Gasteiger charge is -2.14. The molecule has 1 aliphatic rings. The fraction of sp³-hybridized carbons (Fsp3) is 0.417. The maximum Gasteiger partial charge on any atom is 0.270 e. The highest BCUT2D eigenvalue weighted by molar-refractivity contribution is 8.00. The van der Waals surface area contributed by atoms with Crippen LogP contribution in [0.15, 0.2) is 18.2 Å². The maximum absolute atomic E-state index is 12.2. The van der Waals surface area contributed by atoms with Gasteiger partial charge in [0.05, 0.1) is 16.2 Å². The van der Waals surface area contributed by atoms with Gasteiger partial charge in [0, 0.05) is 23.4 Å². The van der Waals surface area contributed by atoms with Gasteiger partial charge in [0.15, 0.2) is 0 Å². The standard InChI is InChI=1S/C12H16N4O3S/c1-20-12(4-5-12)7-14-11(17)9-6-8(16(18)19)2-3-10(9)15-13/h2-3,6,15H,4-5,7,13H2,1H3,(H,14,17). The molecule has 0 atom stereocenters. The minimum absolute atomic E-state index is 0.132. The third-order valence-electron chi connectivity index (χ3n) is 3.43. The Balaban J connectivity index is 2.15. The molecule has 0 aromatic heterocycles. The average molecular weight is 296 g/mol. The molecule has 0 aliphatic heterocycles. The van der Waals surface area contributed by atoms with Gasteiger partial charge < -0.3 is 10.7 Å². The highest BCUT2D eigenvalue weighted by Gasteiger charge is 2.42. The quantitative estimate of drug-likeness (QED) is 0.417. The van der Waals surface area contributed by atoms with Crippen LogP contribution in [0, 0.1) is 10.1 Å². The van der Waals surface area contributed by atoms with Crippen LogP contribution >= 0.6 is 11.8 Å². The summed E-state index contributed by atoms with van der Waals surface area (Å²) in [5.41, 5.74) is 2.78. The number of nitro benzene ring substituents is 1. The average Bonchev–Trinajstić information content (AvgIpc) is 3.24. The third kappa shape index (κ3) is 3.02. The first kappa shape index (κ1) is 14.6. The Morgan fingerprint density at radius 3 is 2.75 bits per heavy atom. The summed E-state index contributed by atoms with van der Waals surface area (Å²) in [6, 6.07) is 3.95. The summed E-state index contributed by atoms with van der Waals surface area (Å²) in [5.74, 6) is 4.97. The van der Waals surface area contributed by atoms with Crippen molar-refractivity contribution in [1.82, 2.24) is 5.32 Å². The number of non-ortho nitro benzene ring substituents is 1. The molecule has 7 nitrogen and oxygen atoms in total. The van der Waals surface area contributed by atoms with Gasteiger partial charge in [-0.25, -0.2) is 0 Å². The number of nitrogen functional groups attached to an aromatic ring is 1. The molecular weight excluding hydrogens is 280 g/mol. The Morgan fingerprint density at radius 1 is 1.55 bits per heavy atom. The first-order valence-electron chi connectivity index (χ1n) is 6.10. The Hall–Kier alpha value is -1.80. The normalized spacial score (nSPS) is 15.5.